The lowest BCUT2D eigenvalue weighted by Gasteiger charge is -2.45. The van der Waals surface area contributed by atoms with Gasteiger partial charge in [0, 0.05) is 22.2 Å². The summed E-state index contributed by atoms with van der Waals surface area (Å²) in [7, 11) is 0. The number of hydrogen-bond donors (Lipinski definition) is 0. The van der Waals surface area contributed by atoms with Crippen molar-refractivity contribution in [2.24, 2.45) is 10.9 Å². The van der Waals surface area contributed by atoms with Gasteiger partial charge in [-0.05, 0) is 44.2 Å². The van der Waals surface area contributed by atoms with Crippen molar-refractivity contribution in [3.63, 3.8) is 0 Å². The number of fused-ring (bicyclic) bond motifs is 6. The fourth-order valence-electron chi connectivity index (χ4n) is 4.91. The van der Waals surface area contributed by atoms with Crippen LogP contribution in [0.1, 0.15) is 31.2 Å². The van der Waals surface area contributed by atoms with Crippen molar-refractivity contribution in [3.05, 3.63) is 96.7 Å². The highest BCUT2D eigenvalue weighted by molar-refractivity contribution is 7.07. The molecule has 2 aliphatic heterocycles. The molecule has 4 aromatic rings. The van der Waals surface area contributed by atoms with Crippen LogP contribution in [0.15, 0.2) is 74.9 Å². The van der Waals surface area contributed by atoms with Crippen molar-refractivity contribution in [3.8, 4) is 17.1 Å². The van der Waals surface area contributed by atoms with Gasteiger partial charge in [-0.25, -0.2) is 4.99 Å². The molecule has 0 radical (unpaired) electrons. The molecule has 0 saturated heterocycles. The van der Waals surface area contributed by atoms with E-state index in [-0.39, 0.29) is 11.3 Å². The number of carbonyl (C=O) groups excluding carboxylic acids is 1. The lowest BCUT2D eigenvalue weighted by molar-refractivity contribution is -0.132. The second-order valence-corrected chi connectivity index (χ2v) is 10.1. The fraction of sp³-hybridized carbons (Fsp3) is 0.192. The molecule has 3 atom stereocenters. The largest absolute Gasteiger partial charge is 0.465 e. The summed E-state index contributed by atoms with van der Waals surface area (Å²) in [6, 6.07) is 18.1. The van der Waals surface area contributed by atoms with Crippen molar-refractivity contribution in [2.45, 2.75) is 25.6 Å². The Hall–Kier alpha value is -3.42. The van der Waals surface area contributed by atoms with Crippen molar-refractivity contribution < 1.29 is 13.9 Å². The van der Waals surface area contributed by atoms with Gasteiger partial charge in [-0.1, -0.05) is 53.3 Å². The van der Waals surface area contributed by atoms with Gasteiger partial charge in [0.05, 0.1) is 10.6 Å². The number of benzene rings is 2. The normalized spacial score (nSPS) is 23.0. The number of furan rings is 1. The highest BCUT2D eigenvalue weighted by Gasteiger charge is 2.53. The molecule has 34 heavy (non-hydrogen) atoms. The smallest absolute Gasteiger partial charge is 0.271 e. The molecule has 6 rings (SSSR count). The number of rotatable bonds is 3. The van der Waals surface area contributed by atoms with Crippen LogP contribution in [0.25, 0.3) is 17.4 Å². The van der Waals surface area contributed by atoms with E-state index in [0.29, 0.717) is 31.6 Å². The first-order valence-electron chi connectivity index (χ1n) is 10.8. The van der Waals surface area contributed by atoms with Crippen LogP contribution in [-0.4, -0.2) is 16.1 Å². The molecular weight excluding hydrogens is 472 g/mol. The van der Waals surface area contributed by atoms with Gasteiger partial charge in [0.1, 0.15) is 29.0 Å². The first-order chi connectivity index (χ1) is 16.3. The van der Waals surface area contributed by atoms with Crippen LogP contribution in [-0.2, 0) is 4.79 Å². The third-order valence-electron chi connectivity index (χ3n) is 6.33. The molecule has 0 fully saturated rings. The summed E-state index contributed by atoms with van der Waals surface area (Å²) in [5.74, 6) is 1.16. The third-order valence-corrected chi connectivity index (χ3v) is 7.55. The molecule has 2 aromatic carbocycles. The highest BCUT2D eigenvalue weighted by Crippen LogP contribution is 2.47. The second kappa shape index (κ2) is 7.55. The fourth-order valence-corrected chi connectivity index (χ4v) is 6.18. The van der Waals surface area contributed by atoms with E-state index >= 15 is 0 Å². The maximum Gasteiger partial charge on any atom is 0.271 e. The Bertz CT molecular complexity index is 1650. The molecular formula is C26H19ClN2O4S. The van der Waals surface area contributed by atoms with Crippen molar-refractivity contribution in [2.75, 3.05) is 0 Å². The number of Topliss-reactive ketones (excluding diaryl/α,β-unsaturated/α-hetero) is 1. The molecule has 2 aliphatic rings. The second-order valence-electron chi connectivity index (χ2n) is 8.62. The number of nitrogens with zero attached hydrogens (tertiary/aromatic N) is 2. The molecule has 0 spiro atoms. The van der Waals surface area contributed by atoms with Gasteiger partial charge in [0.25, 0.3) is 5.56 Å². The van der Waals surface area contributed by atoms with Crippen LogP contribution < -0.4 is 19.6 Å². The topological polar surface area (TPSA) is 73.8 Å². The molecule has 2 aromatic heterocycles. The molecule has 0 N–H and O–H groups in total. The van der Waals surface area contributed by atoms with E-state index < -0.39 is 17.7 Å². The predicted octanol–water partition coefficient (Wildman–Crippen LogP) is 4.19. The summed E-state index contributed by atoms with van der Waals surface area (Å²) in [6.07, 6.45) is 1.71. The van der Waals surface area contributed by atoms with Crippen LogP contribution in [0, 0.1) is 5.92 Å². The average Bonchev–Trinajstić information content (AvgIpc) is 3.37. The van der Waals surface area contributed by atoms with Gasteiger partial charge in [-0.2, -0.15) is 0 Å². The van der Waals surface area contributed by atoms with E-state index in [4.69, 9.17) is 25.7 Å². The molecule has 0 amide bonds. The molecule has 8 heteroatoms. The SMILES string of the molecule is CC(=O)C1C2c3ccccc3OC1(C)N=c1s/c(=C\c3ccc(-c4cccc(Cl)c4)o3)c(=O)n12. The predicted molar refractivity (Wildman–Crippen MR) is 130 cm³/mol. The zero-order valence-corrected chi connectivity index (χ0v) is 19.9. The van der Waals surface area contributed by atoms with Crippen LogP contribution in [0.2, 0.25) is 5.02 Å². The number of thiazole rings is 1. The Morgan fingerprint density at radius 2 is 2.00 bits per heavy atom. The number of ketones is 1. The number of ether oxygens (including phenoxy) is 1. The minimum atomic E-state index is -1.08. The maximum absolute atomic E-state index is 13.6. The van der Waals surface area contributed by atoms with Gasteiger partial charge in [0.15, 0.2) is 4.80 Å². The monoisotopic (exact) mass is 490 g/mol. The van der Waals surface area contributed by atoms with Crippen LogP contribution in [0.5, 0.6) is 5.75 Å². The van der Waals surface area contributed by atoms with Gasteiger partial charge in [0.2, 0.25) is 5.72 Å². The Morgan fingerprint density at radius 3 is 2.79 bits per heavy atom. The van der Waals surface area contributed by atoms with Crippen molar-refractivity contribution in [1.29, 1.82) is 0 Å². The van der Waals surface area contributed by atoms with E-state index in [1.807, 2.05) is 61.5 Å². The summed E-state index contributed by atoms with van der Waals surface area (Å²) in [5.41, 5.74) is 0.372. The Morgan fingerprint density at radius 1 is 1.18 bits per heavy atom. The number of hydrogen-bond acceptors (Lipinski definition) is 6. The first-order valence-corrected chi connectivity index (χ1v) is 12.0. The molecule has 0 saturated carbocycles. The van der Waals surface area contributed by atoms with Crippen LogP contribution in [0.3, 0.4) is 0 Å². The third kappa shape index (κ3) is 3.19. The summed E-state index contributed by atoms with van der Waals surface area (Å²) in [6.45, 7) is 3.33. The average molecular weight is 491 g/mol. The van der Waals surface area contributed by atoms with Gasteiger partial charge in [-0.3, -0.25) is 14.2 Å². The van der Waals surface area contributed by atoms with Gasteiger partial charge in [-0.15, -0.1) is 0 Å². The zero-order valence-electron chi connectivity index (χ0n) is 18.3. The van der Waals surface area contributed by atoms with E-state index in [9.17, 15) is 9.59 Å². The highest BCUT2D eigenvalue weighted by atomic mass is 35.5. The maximum atomic E-state index is 13.6. The Kier molecular flexibility index (Phi) is 4.69. The number of para-hydroxylation sites is 1. The van der Waals surface area contributed by atoms with E-state index in [1.54, 1.807) is 16.7 Å². The molecule has 0 aliphatic carbocycles. The van der Waals surface area contributed by atoms with E-state index in [2.05, 4.69) is 0 Å². The number of carbonyl (C=O) groups is 1. The van der Waals surface area contributed by atoms with E-state index in [1.165, 1.54) is 18.3 Å². The van der Waals surface area contributed by atoms with Gasteiger partial charge >= 0.3 is 0 Å². The van der Waals surface area contributed by atoms with Crippen LogP contribution >= 0.6 is 22.9 Å². The molecule has 3 unspecified atom stereocenters. The summed E-state index contributed by atoms with van der Waals surface area (Å²) < 4.78 is 14.3. The molecule has 2 bridgehead atoms. The van der Waals surface area contributed by atoms with E-state index in [0.717, 1.165) is 11.1 Å². The van der Waals surface area contributed by atoms with Gasteiger partial charge < -0.3 is 9.15 Å². The lowest BCUT2D eigenvalue weighted by Crippen LogP contribution is -2.58. The Balaban J connectivity index is 1.52. The summed E-state index contributed by atoms with van der Waals surface area (Å²) in [5, 5.41) is 0.618. The minimum absolute atomic E-state index is 0.0720. The summed E-state index contributed by atoms with van der Waals surface area (Å²) in [4.78, 5) is 31.6. The van der Waals surface area contributed by atoms with Crippen molar-refractivity contribution in [1.82, 2.24) is 4.57 Å². The zero-order chi connectivity index (χ0) is 23.6. The molecule has 6 nitrogen and oxygen atoms in total. The number of halogens is 1. The summed E-state index contributed by atoms with van der Waals surface area (Å²) >= 11 is 7.36. The Labute approximate surface area is 203 Å². The molecule has 4 heterocycles. The standard InChI is InChI=1S/C26H19ClN2O4S/c1-14(30)22-23-18-8-3-4-9-20(18)33-26(22,2)28-25-29(23)24(31)21(34-25)13-17-10-11-19(32-17)15-6-5-7-16(27)12-15/h3-13,22-23H,1-2H3/b21-13-. The van der Waals surface area contributed by atoms with Crippen molar-refractivity contribution >= 4 is 34.8 Å². The first kappa shape index (κ1) is 21.1. The number of aromatic nitrogens is 1. The van der Waals surface area contributed by atoms with Crippen LogP contribution in [0.4, 0.5) is 0 Å². The minimum Gasteiger partial charge on any atom is -0.465 e. The lowest BCUT2D eigenvalue weighted by atomic mass is 9.79. The molecule has 170 valence electrons. The quantitative estimate of drug-likeness (QED) is 0.431.